The van der Waals surface area contributed by atoms with Crippen LogP contribution in [0.3, 0.4) is 0 Å². The number of hydrogen-bond acceptors (Lipinski definition) is 3. The molecule has 0 saturated heterocycles. The van der Waals surface area contributed by atoms with Crippen molar-refractivity contribution in [2.24, 2.45) is 0 Å². The van der Waals surface area contributed by atoms with E-state index in [4.69, 9.17) is 0 Å². The molecule has 0 saturated carbocycles. The highest BCUT2D eigenvalue weighted by Gasteiger charge is 2.16. The Kier molecular flexibility index (Phi) is 6.57. The van der Waals surface area contributed by atoms with Crippen molar-refractivity contribution in [1.82, 2.24) is 10.6 Å². The number of benzene rings is 2. The van der Waals surface area contributed by atoms with E-state index >= 15 is 0 Å². The van der Waals surface area contributed by atoms with Crippen molar-refractivity contribution in [2.45, 2.75) is 25.9 Å². The lowest BCUT2D eigenvalue weighted by Crippen LogP contribution is -2.32. The van der Waals surface area contributed by atoms with Gasteiger partial charge in [0.05, 0.1) is 12.5 Å². The zero-order valence-electron chi connectivity index (χ0n) is 15.0. The van der Waals surface area contributed by atoms with Gasteiger partial charge < -0.3 is 15.5 Å². The highest BCUT2D eigenvalue weighted by atomic mass is 16.2. The molecule has 0 heterocycles. The van der Waals surface area contributed by atoms with Crippen LogP contribution in [0, 0.1) is 0 Å². The van der Waals surface area contributed by atoms with Crippen LogP contribution in [-0.4, -0.2) is 25.9 Å². The molecule has 0 aliphatic heterocycles. The highest BCUT2D eigenvalue weighted by Crippen LogP contribution is 2.17. The molecule has 2 aromatic rings. The molecule has 1 atom stereocenters. The van der Waals surface area contributed by atoms with Crippen LogP contribution in [0.25, 0.3) is 0 Å². The van der Waals surface area contributed by atoms with Gasteiger partial charge in [0.1, 0.15) is 0 Å². The topological polar surface area (TPSA) is 61.4 Å². The van der Waals surface area contributed by atoms with E-state index in [0.717, 1.165) is 16.8 Å². The monoisotopic (exact) mass is 339 g/mol. The Balaban J connectivity index is 1.93. The van der Waals surface area contributed by atoms with Gasteiger partial charge in [0.15, 0.2) is 0 Å². The van der Waals surface area contributed by atoms with Crippen molar-refractivity contribution in [1.29, 1.82) is 0 Å². The molecule has 2 N–H and O–H groups in total. The third-order valence-corrected chi connectivity index (χ3v) is 3.91. The largest absolute Gasteiger partial charge is 0.378 e. The lowest BCUT2D eigenvalue weighted by atomic mass is 10.0. The predicted molar refractivity (Wildman–Crippen MR) is 100 cm³/mol. The highest BCUT2D eigenvalue weighted by molar-refractivity contribution is 5.79. The van der Waals surface area contributed by atoms with Crippen molar-refractivity contribution in [3.05, 3.63) is 65.7 Å². The summed E-state index contributed by atoms with van der Waals surface area (Å²) in [5, 5.41) is 5.76. The molecule has 0 radical (unpaired) electrons. The van der Waals surface area contributed by atoms with Crippen LogP contribution in [0.1, 0.15) is 30.5 Å². The minimum atomic E-state index is -0.324. The first-order valence-electron chi connectivity index (χ1n) is 8.30. The number of nitrogens with one attached hydrogen (secondary N) is 2. The fraction of sp³-hybridized carbons (Fsp3) is 0.300. The first kappa shape index (κ1) is 18.5. The van der Waals surface area contributed by atoms with E-state index in [0.29, 0.717) is 6.54 Å². The molecule has 0 aromatic heterocycles. The molecule has 5 heteroatoms. The Morgan fingerprint density at radius 2 is 1.64 bits per heavy atom. The number of hydrogen-bond donors (Lipinski definition) is 2. The van der Waals surface area contributed by atoms with Crippen LogP contribution in [-0.2, 0) is 16.1 Å². The Hall–Kier alpha value is -2.82. The molecule has 0 spiro atoms. The number of anilines is 1. The molecule has 0 aliphatic rings. The standard InChI is InChI=1S/C20H25N3O2/c1-15(24)22-19(17-7-5-4-6-8-17)13-20(25)21-14-16-9-11-18(12-10-16)23(2)3/h4-12,19H,13-14H2,1-3H3,(H,21,25)(H,22,24)/t19-/m0/s1. The number of carbonyl (C=O) groups excluding carboxylic acids is 2. The van der Waals surface area contributed by atoms with Gasteiger partial charge in [0.25, 0.3) is 0 Å². The Morgan fingerprint density at radius 1 is 1.00 bits per heavy atom. The van der Waals surface area contributed by atoms with Crippen LogP contribution < -0.4 is 15.5 Å². The number of carbonyl (C=O) groups is 2. The van der Waals surface area contributed by atoms with Crippen molar-refractivity contribution >= 4 is 17.5 Å². The molecular formula is C20H25N3O2. The number of nitrogens with zero attached hydrogens (tertiary/aromatic N) is 1. The van der Waals surface area contributed by atoms with E-state index in [2.05, 4.69) is 10.6 Å². The van der Waals surface area contributed by atoms with Gasteiger partial charge in [0, 0.05) is 33.3 Å². The Labute approximate surface area is 149 Å². The first-order chi connectivity index (χ1) is 12.0. The number of rotatable bonds is 7. The van der Waals surface area contributed by atoms with Crippen LogP contribution in [0.2, 0.25) is 0 Å². The maximum absolute atomic E-state index is 12.3. The second-order valence-corrected chi connectivity index (χ2v) is 6.21. The third kappa shape index (κ3) is 5.95. The average Bonchev–Trinajstić information content (AvgIpc) is 2.60. The smallest absolute Gasteiger partial charge is 0.222 e. The summed E-state index contributed by atoms with van der Waals surface area (Å²) in [4.78, 5) is 25.7. The van der Waals surface area contributed by atoms with Crippen molar-refractivity contribution < 1.29 is 9.59 Å². The van der Waals surface area contributed by atoms with Crippen molar-refractivity contribution in [2.75, 3.05) is 19.0 Å². The summed E-state index contributed by atoms with van der Waals surface area (Å²) in [6, 6.07) is 17.2. The molecule has 132 valence electrons. The normalized spacial score (nSPS) is 11.5. The fourth-order valence-electron chi connectivity index (χ4n) is 2.55. The minimum absolute atomic E-state index is 0.0979. The minimum Gasteiger partial charge on any atom is -0.378 e. The van der Waals surface area contributed by atoms with E-state index in [1.807, 2.05) is 73.6 Å². The van der Waals surface area contributed by atoms with Crippen molar-refractivity contribution in [3.8, 4) is 0 Å². The summed E-state index contributed by atoms with van der Waals surface area (Å²) in [6.07, 6.45) is 0.208. The third-order valence-electron chi connectivity index (χ3n) is 3.91. The van der Waals surface area contributed by atoms with E-state index in [1.54, 1.807) is 0 Å². The molecule has 0 aliphatic carbocycles. The van der Waals surface area contributed by atoms with Crippen LogP contribution in [0.4, 0.5) is 5.69 Å². The second-order valence-electron chi connectivity index (χ2n) is 6.21. The Bertz CT molecular complexity index is 697. The summed E-state index contributed by atoms with van der Waals surface area (Å²) in [5.41, 5.74) is 3.07. The lowest BCUT2D eigenvalue weighted by Gasteiger charge is -2.18. The van der Waals surface area contributed by atoms with Crippen LogP contribution in [0.5, 0.6) is 0 Å². The van der Waals surface area contributed by atoms with Crippen molar-refractivity contribution in [3.63, 3.8) is 0 Å². The van der Waals surface area contributed by atoms with Crippen LogP contribution >= 0.6 is 0 Å². The summed E-state index contributed by atoms with van der Waals surface area (Å²) >= 11 is 0. The molecule has 0 unspecified atom stereocenters. The quantitative estimate of drug-likeness (QED) is 0.815. The van der Waals surface area contributed by atoms with E-state index in [-0.39, 0.29) is 24.3 Å². The van der Waals surface area contributed by atoms with Gasteiger partial charge in [-0.2, -0.15) is 0 Å². The average molecular weight is 339 g/mol. The zero-order valence-corrected chi connectivity index (χ0v) is 15.0. The molecule has 25 heavy (non-hydrogen) atoms. The van der Waals surface area contributed by atoms with Crippen LogP contribution in [0.15, 0.2) is 54.6 Å². The summed E-state index contributed by atoms with van der Waals surface area (Å²) < 4.78 is 0. The second kappa shape index (κ2) is 8.87. The Morgan fingerprint density at radius 3 is 2.20 bits per heavy atom. The fourth-order valence-corrected chi connectivity index (χ4v) is 2.55. The molecule has 0 bridgehead atoms. The summed E-state index contributed by atoms with van der Waals surface area (Å²) in [5.74, 6) is -0.250. The van der Waals surface area contributed by atoms with Gasteiger partial charge in [-0.05, 0) is 23.3 Å². The SMILES string of the molecule is CC(=O)N[C@@H](CC(=O)NCc1ccc(N(C)C)cc1)c1ccccc1. The lowest BCUT2D eigenvalue weighted by molar-refractivity contribution is -0.122. The van der Waals surface area contributed by atoms with E-state index in [1.165, 1.54) is 6.92 Å². The molecule has 2 rings (SSSR count). The van der Waals surface area contributed by atoms with Gasteiger partial charge in [-0.3, -0.25) is 9.59 Å². The van der Waals surface area contributed by atoms with E-state index in [9.17, 15) is 9.59 Å². The molecule has 0 fully saturated rings. The first-order valence-corrected chi connectivity index (χ1v) is 8.30. The van der Waals surface area contributed by atoms with Gasteiger partial charge in [-0.15, -0.1) is 0 Å². The van der Waals surface area contributed by atoms with Gasteiger partial charge in [-0.1, -0.05) is 42.5 Å². The molecule has 2 amide bonds. The van der Waals surface area contributed by atoms with E-state index < -0.39 is 0 Å². The number of amides is 2. The zero-order chi connectivity index (χ0) is 18.2. The maximum Gasteiger partial charge on any atom is 0.222 e. The maximum atomic E-state index is 12.3. The molecule has 2 aromatic carbocycles. The predicted octanol–water partition coefficient (Wildman–Crippen LogP) is 2.64. The summed E-state index contributed by atoms with van der Waals surface area (Å²) in [6.45, 7) is 1.92. The van der Waals surface area contributed by atoms with Gasteiger partial charge >= 0.3 is 0 Å². The molecule has 5 nitrogen and oxygen atoms in total. The van der Waals surface area contributed by atoms with Gasteiger partial charge in [0.2, 0.25) is 11.8 Å². The summed E-state index contributed by atoms with van der Waals surface area (Å²) in [7, 11) is 3.98. The van der Waals surface area contributed by atoms with Gasteiger partial charge in [-0.25, -0.2) is 0 Å². The molecular weight excluding hydrogens is 314 g/mol.